The highest BCUT2D eigenvalue weighted by molar-refractivity contribution is 7.77. The van der Waals surface area contributed by atoms with Gasteiger partial charge in [0.15, 0.2) is 23.4 Å². The Hall–Kier alpha value is -1.46. The Morgan fingerprint density at radius 2 is 2.32 bits per heavy atom. The van der Waals surface area contributed by atoms with E-state index in [9.17, 15) is 4.79 Å². The molecule has 0 saturated carbocycles. The molecular formula is C17H17NO3S. The highest BCUT2D eigenvalue weighted by Gasteiger charge is 2.64. The second-order valence-electron chi connectivity index (χ2n) is 6.64. The first kappa shape index (κ1) is 13.0. The van der Waals surface area contributed by atoms with Gasteiger partial charge in [-0.2, -0.15) is 0 Å². The molecule has 4 atom stereocenters. The van der Waals surface area contributed by atoms with E-state index in [1.54, 1.807) is 13.2 Å². The van der Waals surface area contributed by atoms with Crippen LogP contribution in [0.15, 0.2) is 24.3 Å². The first-order valence-electron chi connectivity index (χ1n) is 7.71. The summed E-state index contributed by atoms with van der Waals surface area (Å²) in [5.41, 5.74) is 2.27. The number of hydrogen-bond acceptors (Lipinski definition) is 5. The maximum atomic E-state index is 12.5. The lowest BCUT2D eigenvalue weighted by Crippen LogP contribution is -2.63. The minimum Gasteiger partial charge on any atom is -0.493 e. The van der Waals surface area contributed by atoms with Crippen molar-refractivity contribution in [1.82, 2.24) is 4.31 Å². The van der Waals surface area contributed by atoms with Crippen LogP contribution in [-0.4, -0.2) is 35.9 Å². The Kier molecular flexibility index (Phi) is 2.42. The molecule has 4 unspecified atom stereocenters. The van der Waals surface area contributed by atoms with E-state index in [0.29, 0.717) is 6.04 Å². The number of benzene rings is 1. The van der Waals surface area contributed by atoms with E-state index in [0.717, 1.165) is 30.9 Å². The van der Waals surface area contributed by atoms with Gasteiger partial charge in [0, 0.05) is 24.1 Å². The van der Waals surface area contributed by atoms with E-state index in [2.05, 4.69) is 29.3 Å². The Bertz CT molecular complexity index is 731. The first-order chi connectivity index (χ1) is 10.7. The number of thiol groups is 1. The Balaban J connectivity index is 1.84. The van der Waals surface area contributed by atoms with Gasteiger partial charge in [-0.15, -0.1) is 0 Å². The summed E-state index contributed by atoms with van der Waals surface area (Å²) in [5, 5.41) is 0. The molecule has 2 heterocycles. The molecule has 5 rings (SSSR count). The number of nitrogens with zero attached hydrogens (tertiary/aromatic N) is 1. The summed E-state index contributed by atoms with van der Waals surface area (Å²) in [7, 11) is 1.65. The van der Waals surface area contributed by atoms with E-state index in [1.165, 1.54) is 11.1 Å². The molecule has 5 heteroatoms. The van der Waals surface area contributed by atoms with E-state index < -0.39 is 6.10 Å². The number of ketones is 1. The minimum atomic E-state index is -0.405. The van der Waals surface area contributed by atoms with Crippen molar-refractivity contribution in [3.8, 4) is 11.5 Å². The van der Waals surface area contributed by atoms with Crippen molar-refractivity contribution in [1.29, 1.82) is 0 Å². The van der Waals surface area contributed by atoms with Gasteiger partial charge in [0.1, 0.15) is 0 Å². The molecule has 2 bridgehead atoms. The average molecular weight is 315 g/mol. The highest BCUT2D eigenvalue weighted by Crippen LogP contribution is 2.62. The molecule has 0 radical (unpaired) electrons. The fourth-order valence-electron chi connectivity index (χ4n) is 5.03. The summed E-state index contributed by atoms with van der Waals surface area (Å²) in [5.74, 6) is 1.88. The zero-order chi connectivity index (χ0) is 15.1. The molecule has 4 aliphatic rings. The van der Waals surface area contributed by atoms with Crippen molar-refractivity contribution in [3.05, 3.63) is 35.4 Å². The van der Waals surface area contributed by atoms with Gasteiger partial charge in [-0.3, -0.25) is 4.79 Å². The van der Waals surface area contributed by atoms with Gasteiger partial charge in [-0.25, -0.2) is 4.31 Å². The topological polar surface area (TPSA) is 38.8 Å². The lowest BCUT2D eigenvalue weighted by molar-refractivity contribution is -0.126. The van der Waals surface area contributed by atoms with Crippen molar-refractivity contribution < 1.29 is 14.3 Å². The van der Waals surface area contributed by atoms with Crippen molar-refractivity contribution in [2.45, 2.75) is 30.4 Å². The van der Waals surface area contributed by atoms with Crippen molar-refractivity contribution in [2.24, 2.45) is 5.92 Å². The monoisotopic (exact) mass is 315 g/mol. The zero-order valence-electron chi connectivity index (χ0n) is 12.3. The van der Waals surface area contributed by atoms with Gasteiger partial charge in [0.05, 0.1) is 12.5 Å². The first-order valence-corrected chi connectivity index (χ1v) is 8.11. The summed E-state index contributed by atoms with van der Waals surface area (Å²) in [4.78, 5) is 12.5. The number of rotatable bonds is 1. The summed E-state index contributed by atoms with van der Waals surface area (Å²) in [6, 6.07) is 4.41. The van der Waals surface area contributed by atoms with Crippen molar-refractivity contribution in [3.63, 3.8) is 0 Å². The fourth-order valence-corrected chi connectivity index (χ4v) is 5.36. The summed E-state index contributed by atoms with van der Waals surface area (Å²) in [6.45, 7) is 0.876. The molecule has 1 aromatic carbocycles. The molecular weight excluding hydrogens is 298 g/mol. The molecule has 2 aliphatic heterocycles. The molecule has 2 aliphatic carbocycles. The second-order valence-corrected chi connectivity index (χ2v) is 7.15. The van der Waals surface area contributed by atoms with Gasteiger partial charge < -0.3 is 9.47 Å². The Morgan fingerprint density at radius 3 is 3.14 bits per heavy atom. The molecule has 1 spiro atoms. The van der Waals surface area contributed by atoms with Crippen LogP contribution < -0.4 is 9.47 Å². The van der Waals surface area contributed by atoms with E-state index in [-0.39, 0.29) is 17.1 Å². The predicted molar refractivity (Wildman–Crippen MR) is 84.5 cm³/mol. The third-order valence-corrected chi connectivity index (χ3v) is 6.40. The van der Waals surface area contributed by atoms with Crippen molar-refractivity contribution in [2.75, 3.05) is 13.7 Å². The van der Waals surface area contributed by atoms with Crippen LogP contribution in [0.1, 0.15) is 17.5 Å². The normalized spacial score (nSPS) is 37.7. The lowest BCUT2D eigenvalue weighted by Gasteiger charge is -2.54. The van der Waals surface area contributed by atoms with Gasteiger partial charge in [0.2, 0.25) is 0 Å². The predicted octanol–water partition coefficient (Wildman–Crippen LogP) is 1.92. The van der Waals surface area contributed by atoms with Crippen LogP contribution >= 0.6 is 12.8 Å². The molecule has 4 nitrogen and oxygen atoms in total. The van der Waals surface area contributed by atoms with Crippen LogP contribution in [0.25, 0.3) is 0 Å². The number of piperidine rings is 1. The second kappa shape index (κ2) is 4.09. The number of ether oxygens (including phenoxy) is 2. The zero-order valence-corrected chi connectivity index (χ0v) is 13.2. The lowest BCUT2D eigenvalue weighted by atomic mass is 9.54. The van der Waals surface area contributed by atoms with Crippen molar-refractivity contribution >= 4 is 18.6 Å². The minimum absolute atomic E-state index is 0.0775. The van der Waals surface area contributed by atoms with Gasteiger partial charge >= 0.3 is 0 Å². The molecule has 1 aromatic rings. The molecule has 0 amide bonds. The Morgan fingerprint density at radius 1 is 1.45 bits per heavy atom. The van der Waals surface area contributed by atoms with Crippen LogP contribution in [0.4, 0.5) is 0 Å². The number of carbonyl (C=O) groups excluding carboxylic acids is 1. The molecule has 0 N–H and O–H groups in total. The van der Waals surface area contributed by atoms with Crippen LogP contribution in [0, 0.1) is 5.92 Å². The van der Waals surface area contributed by atoms with Crippen LogP contribution in [0.3, 0.4) is 0 Å². The molecule has 1 saturated heterocycles. The quantitative estimate of drug-likeness (QED) is 0.804. The fraction of sp³-hybridized carbons (Fsp3) is 0.471. The molecule has 114 valence electrons. The average Bonchev–Trinajstić information content (AvgIpc) is 2.88. The number of carbonyl (C=O) groups is 1. The molecule has 22 heavy (non-hydrogen) atoms. The summed E-state index contributed by atoms with van der Waals surface area (Å²) in [6.07, 6.45) is 5.23. The highest BCUT2D eigenvalue weighted by atomic mass is 32.1. The number of hydrogen-bond donors (Lipinski definition) is 1. The van der Waals surface area contributed by atoms with E-state index in [1.807, 2.05) is 6.07 Å². The third kappa shape index (κ3) is 1.29. The summed E-state index contributed by atoms with van der Waals surface area (Å²) < 4.78 is 13.8. The maximum absolute atomic E-state index is 12.5. The molecule has 1 fully saturated rings. The summed E-state index contributed by atoms with van der Waals surface area (Å²) >= 11 is 4.67. The SMILES string of the molecule is COc1ccc2c3c1OC1C(=O)C=CC4C(C2)N(S)CCC314. The van der Waals surface area contributed by atoms with E-state index >= 15 is 0 Å². The standard InChI is InChI=1S/C17H17NO3S/c1-20-13-5-2-9-8-11-10-3-4-12(19)16-17(10,6-7-18(11)22)14(9)15(13)21-16/h2-5,10-11,16,22H,6-8H2,1H3. The number of methoxy groups -OCH3 is 1. The Labute approximate surface area is 134 Å². The smallest absolute Gasteiger partial charge is 0.196 e. The van der Waals surface area contributed by atoms with Gasteiger partial charge in [-0.1, -0.05) is 25.0 Å². The molecule has 0 aromatic heterocycles. The largest absolute Gasteiger partial charge is 0.493 e. The van der Waals surface area contributed by atoms with Gasteiger partial charge in [-0.05, 0) is 30.5 Å². The van der Waals surface area contributed by atoms with E-state index in [4.69, 9.17) is 9.47 Å². The van der Waals surface area contributed by atoms with Crippen LogP contribution in [0.5, 0.6) is 11.5 Å². The maximum Gasteiger partial charge on any atom is 0.196 e. The van der Waals surface area contributed by atoms with Crippen LogP contribution in [-0.2, 0) is 16.6 Å². The van der Waals surface area contributed by atoms with Crippen LogP contribution in [0.2, 0.25) is 0 Å². The third-order valence-electron chi connectivity index (χ3n) is 5.90. The van der Waals surface area contributed by atoms with Gasteiger partial charge in [0.25, 0.3) is 0 Å².